The maximum Gasteiger partial charge on any atom is 0.293 e. The number of thioether (sulfide) groups is 1. The number of rotatable bonds is 6. The quantitative estimate of drug-likeness (QED) is 0.353. The summed E-state index contributed by atoms with van der Waals surface area (Å²) in [7, 11) is 0. The van der Waals surface area contributed by atoms with E-state index >= 15 is 0 Å². The minimum atomic E-state index is -0.428. The zero-order valence-corrected chi connectivity index (χ0v) is 18.9. The lowest BCUT2D eigenvalue weighted by Gasteiger charge is -2.12. The highest BCUT2D eigenvalue weighted by Crippen LogP contribution is 2.33. The molecule has 0 spiro atoms. The second kappa shape index (κ2) is 9.77. The van der Waals surface area contributed by atoms with Gasteiger partial charge in [-0.3, -0.25) is 14.5 Å². The fourth-order valence-corrected chi connectivity index (χ4v) is 4.36. The lowest BCUT2D eigenvalue weighted by Crippen LogP contribution is -2.27. The molecule has 2 amide bonds. The summed E-state index contributed by atoms with van der Waals surface area (Å²) < 4.78 is 19.5. The van der Waals surface area contributed by atoms with Gasteiger partial charge in [-0.1, -0.05) is 53.5 Å². The number of halogens is 3. The number of nitrogens with zero attached hydrogens (tertiary/aromatic N) is 1. The van der Waals surface area contributed by atoms with Gasteiger partial charge >= 0.3 is 0 Å². The molecule has 3 aromatic rings. The van der Waals surface area contributed by atoms with Gasteiger partial charge in [0.15, 0.2) is 0 Å². The van der Waals surface area contributed by atoms with Gasteiger partial charge in [0, 0.05) is 10.6 Å². The number of imide groups is 1. The van der Waals surface area contributed by atoms with Crippen molar-refractivity contribution in [2.75, 3.05) is 0 Å². The maximum absolute atomic E-state index is 13.9. The van der Waals surface area contributed by atoms with Crippen molar-refractivity contribution in [3.05, 3.63) is 104 Å². The predicted octanol–water partition coefficient (Wildman–Crippen LogP) is 6.95. The van der Waals surface area contributed by atoms with Gasteiger partial charge in [-0.15, -0.1) is 0 Å². The van der Waals surface area contributed by atoms with Gasteiger partial charge in [-0.05, 0) is 65.4 Å². The van der Waals surface area contributed by atoms with E-state index in [0.717, 1.165) is 22.9 Å². The summed E-state index contributed by atoms with van der Waals surface area (Å²) in [5, 5.41) is 0.516. The Morgan fingerprint density at radius 2 is 1.75 bits per heavy atom. The first-order chi connectivity index (χ1) is 15.4. The molecule has 1 aliphatic heterocycles. The Morgan fingerprint density at radius 3 is 2.47 bits per heavy atom. The van der Waals surface area contributed by atoms with E-state index in [1.165, 1.54) is 17.0 Å². The van der Waals surface area contributed by atoms with E-state index in [0.29, 0.717) is 20.7 Å². The van der Waals surface area contributed by atoms with E-state index in [1.807, 2.05) is 6.07 Å². The molecule has 0 aromatic heterocycles. The molecule has 0 radical (unpaired) electrons. The fraction of sp³-hybridized carbons (Fsp3) is 0.0833. The Bertz CT molecular complexity index is 1190. The van der Waals surface area contributed by atoms with Crippen molar-refractivity contribution in [1.29, 1.82) is 0 Å². The van der Waals surface area contributed by atoms with Crippen LogP contribution >= 0.6 is 35.0 Å². The predicted molar refractivity (Wildman–Crippen MR) is 125 cm³/mol. The lowest BCUT2D eigenvalue weighted by atomic mass is 10.2. The summed E-state index contributed by atoms with van der Waals surface area (Å²) >= 11 is 12.9. The molecule has 1 heterocycles. The van der Waals surface area contributed by atoms with E-state index in [-0.39, 0.29) is 29.9 Å². The van der Waals surface area contributed by atoms with Crippen molar-refractivity contribution in [3.63, 3.8) is 0 Å². The first-order valence-corrected chi connectivity index (χ1v) is 11.1. The lowest BCUT2D eigenvalue weighted by molar-refractivity contribution is -0.123. The van der Waals surface area contributed by atoms with E-state index < -0.39 is 5.82 Å². The van der Waals surface area contributed by atoms with Crippen molar-refractivity contribution in [3.8, 4) is 5.75 Å². The zero-order chi connectivity index (χ0) is 22.7. The SMILES string of the molecule is O=C1S/C(=C\c2ccc(OCc3c(F)cccc3Cl)cc2)C(=O)N1Cc1cccc(Cl)c1. The number of hydrogen-bond donors (Lipinski definition) is 0. The highest BCUT2D eigenvalue weighted by molar-refractivity contribution is 8.18. The summed E-state index contributed by atoms with van der Waals surface area (Å²) in [5.74, 6) is -0.257. The van der Waals surface area contributed by atoms with E-state index in [4.69, 9.17) is 27.9 Å². The van der Waals surface area contributed by atoms with Gasteiger partial charge in [0.2, 0.25) is 0 Å². The zero-order valence-electron chi connectivity index (χ0n) is 16.6. The van der Waals surface area contributed by atoms with Crippen molar-refractivity contribution in [2.24, 2.45) is 0 Å². The van der Waals surface area contributed by atoms with Crippen molar-refractivity contribution in [1.82, 2.24) is 4.90 Å². The second-order valence-electron chi connectivity index (χ2n) is 6.96. The minimum Gasteiger partial charge on any atom is -0.489 e. The van der Waals surface area contributed by atoms with Crippen LogP contribution in [0, 0.1) is 5.82 Å². The van der Waals surface area contributed by atoms with Gasteiger partial charge in [0.1, 0.15) is 18.2 Å². The average Bonchev–Trinajstić information content (AvgIpc) is 3.02. The van der Waals surface area contributed by atoms with Crippen LogP contribution in [-0.2, 0) is 17.9 Å². The number of amides is 2. The first-order valence-electron chi connectivity index (χ1n) is 9.56. The van der Waals surface area contributed by atoms with Crippen LogP contribution in [0.15, 0.2) is 71.6 Å². The smallest absolute Gasteiger partial charge is 0.293 e. The maximum atomic E-state index is 13.9. The van der Waals surface area contributed by atoms with E-state index in [1.54, 1.807) is 54.6 Å². The second-order valence-corrected chi connectivity index (χ2v) is 8.79. The third kappa shape index (κ3) is 5.15. The van der Waals surface area contributed by atoms with Crippen LogP contribution in [0.25, 0.3) is 6.08 Å². The van der Waals surface area contributed by atoms with Gasteiger partial charge in [0.25, 0.3) is 11.1 Å². The molecule has 1 fully saturated rings. The Morgan fingerprint density at radius 1 is 1.00 bits per heavy atom. The summed E-state index contributed by atoms with van der Waals surface area (Å²) in [4.78, 5) is 26.6. The van der Waals surface area contributed by atoms with Crippen LogP contribution in [0.3, 0.4) is 0 Å². The van der Waals surface area contributed by atoms with Gasteiger partial charge in [-0.25, -0.2) is 4.39 Å². The van der Waals surface area contributed by atoms with Crippen molar-refractivity contribution >= 4 is 52.2 Å². The molecule has 32 heavy (non-hydrogen) atoms. The van der Waals surface area contributed by atoms with Crippen LogP contribution in [-0.4, -0.2) is 16.0 Å². The Labute approximate surface area is 198 Å². The molecular weight excluding hydrogens is 472 g/mol. The standard InChI is InChI=1S/C24H16Cl2FNO3S/c25-17-4-1-3-16(11-17)13-28-23(29)22(32-24(28)30)12-15-7-9-18(10-8-15)31-14-19-20(26)5-2-6-21(19)27/h1-12H,13-14H2/b22-12-. The molecule has 4 rings (SSSR count). The third-order valence-electron chi connectivity index (χ3n) is 4.73. The fourth-order valence-electron chi connectivity index (χ4n) is 3.09. The molecule has 4 nitrogen and oxygen atoms in total. The largest absolute Gasteiger partial charge is 0.489 e. The average molecular weight is 488 g/mol. The summed E-state index contributed by atoms with van der Waals surface area (Å²) in [6.45, 7) is 0.154. The van der Waals surface area contributed by atoms with Gasteiger partial charge < -0.3 is 4.74 Å². The number of carbonyl (C=O) groups is 2. The van der Waals surface area contributed by atoms with Crippen LogP contribution in [0.2, 0.25) is 10.0 Å². The van der Waals surface area contributed by atoms with Crippen LogP contribution in [0.4, 0.5) is 9.18 Å². The number of ether oxygens (including phenoxy) is 1. The van der Waals surface area contributed by atoms with Crippen LogP contribution in [0.5, 0.6) is 5.75 Å². The van der Waals surface area contributed by atoms with Gasteiger partial charge in [-0.2, -0.15) is 0 Å². The molecule has 162 valence electrons. The molecular formula is C24H16Cl2FNO3S. The molecule has 1 saturated heterocycles. The monoisotopic (exact) mass is 487 g/mol. The summed E-state index contributed by atoms with van der Waals surface area (Å²) in [6, 6.07) is 18.4. The van der Waals surface area contributed by atoms with Crippen LogP contribution in [0.1, 0.15) is 16.7 Å². The number of carbonyl (C=O) groups excluding carboxylic acids is 2. The van der Waals surface area contributed by atoms with Crippen molar-refractivity contribution in [2.45, 2.75) is 13.2 Å². The molecule has 0 aliphatic carbocycles. The van der Waals surface area contributed by atoms with E-state index in [9.17, 15) is 14.0 Å². The number of hydrogen-bond acceptors (Lipinski definition) is 4. The topological polar surface area (TPSA) is 46.6 Å². The molecule has 0 atom stereocenters. The highest BCUT2D eigenvalue weighted by Gasteiger charge is 2.34. The first kappa shape index (κ1) is 22.4. The van der Waals surface area contributed by atoms with Gasteiger partial charge in [0.05, 0.1) is 16.5 Å². The molecule has 0 bridgehead atoms. The molecule has 0 unspecified atom stereocenters. The van der Waals surface area contributed by atoms with Crippen LogP contribution < -0.4 is 4.74 Å². The molecule has 1 aliphatic rings. The summed E-state index contributed by atoms with van der Waals surface area (Å²) in [6.07, 6.45) is 1.65. The Kier molecular flexibility index (Phi) is 6.84. The summed E-state index contributed by atoms with van der Waals surface area (Å²) in [5.41, 5.74) is 1.79. The minimum absolute atomic E-state index is 0.00670. The Balaban J connectivity index is 1.42. The third-order valence-corrected chi connectivity index (χ3v) is 6.22. The number of benzene rings is 3. The van der Waals surface area contributed by atoms with Crippen molar-refractivity contribution < 1.29 is 18.7 Å². The molecule has 8 heteroatoms. The Hall–Kier alpha value is -2.80. The highest BCUT2D eigenvalue weighted by atomic mass is 35.5. The normalized spacial score (nSPS) is 15.0. The molecule has 0 N–H and O–H groups in total. The van der Waals surface area contributed by atoms with E-state index in [2.05, 4.69) is 0 Å². The molecule has 0 saturated carbocycles. The molecule has 3 aromatic carbocycles.